The van der Waals surface area contributed by atoms with Gasteiger partial charge in [-0.2, -0.15) is 10.4 Å². The van der Waals surface area contributed by atoms with Crippen LogP contribution in [0.2, 0.25) is 0 Å². The third-order valence-corrected chi connectivity index (χ3v) is 6.95. The third-order valence-electron chi connectivity index (χ3n) is 5.69. The lowest BCUT2D eigenvalue weighted by Crippen LogP contribution is -2.36. The largest absolute Gasteiger partial charge is 0.497 e. The maximum Gasteiger partial charge on any atom is 0.323 e. The fraction of sp³-hybridized carbons (Fsp3) is 0.200. The van der Waals surface area contributed by atoms with Gasteiger partial charge in [0, 0.05) is 36.1 Å². The van der Waals surface area contributed by atoms with Crippen molar-refractivity contribution in [2.75, 3.05) is 48.9 Å². The number of H-pyrrole nitrogens is 1. The van der Waals surface area contributed by atoms with E-state index in [1.807, 2.05) is 12.1 Å². The van der Waals surface area contributed by atoms with Crippen LogP contribution < -0.4 is 20.3 Å². The van der Waals surface area contributed by atoms with Gasteiger partial charge in [0.25, 0.3) is 0 Å². The molecule has 0 unspecified atom stereocenters. The molecule has 0 saturated carbocycles. The van der Waals surface area contributed by atoms with Gasteiger partial charge in [-0.1, -0.05) is 18.2 Å². The van der Waals surface area contributed by atoms with E-state index in [1.54, 1.807) is 43.5 Å². The highest BCUT2D eigenvalue weighted by Crippen LogP contribution is 2.46. The van der Waals surface area contributed by atoms with Crippen molar-refractivity contribution in [3.63, 3.8) is 0 Å². The zero-order valence-corrected chi connectivity index (χ0v) is 20.3. The predicted octanol–water partition coefficient (Wildman–Crippen LogP) is 4.56. The summed E-state index contributed by atoms with van der Waals surface area (Å²) < 4.78 is 10.7. The summed E-state index contributed by atoms with van der Waals surface area (Å²) in [6.45, 7) is 2.67. The van der Waals surface area contributed by atoms with Gasteiger partial charge < -0.3 is 25.0 Å². The monoisotopic (exact) mass is 501 g/mol. The van der Waals surface area contributed by atoms with Crippen molar-refractivity contribution < 1.29 is 14.3 Å². The highest BCUT2D eigenvalue weighted by atomic mass is 32.1. The number of methoxy groups -OCH3 is 1. The number of amides is 2. The first kappa shape index (κ1) is 23.3. The summed E-state index contributed by atoms with van der Waals surface area (Å²) >= 11 is 1.51. The molecule has 1 saturated heterocycles. The molecule has 0 radical (unpaired) electrons. The first-order valence-corrected chi connectivity index (χ1v) is 12.1. The molecule has 2 aromatic carbocycles. The summed E-state index contributed by atoms with van der Waals surface area (Å²) in [7, 11) is 1.57. The SMILES string of the molecule is COc1cccc(NC(=O)Nc2ccc(-c3c(-c4ncn[nH]4)sc(N4CCOCC4)c3C#N)cc2)c1. The highest BCUT2D eigenvalue weighted by Gasteiger charge is 2.26. The maximum atomic E-state index is 12.5. The molecule has 1 aliphatic heterocycles. The number of urea groups is 1. The summed E-state index contributed by atoms with van der Waals surface area (Å²) in [4.78, 5) is 19.8. The second kappa shape index (κ2) is 10.5. The fourth-order valence-corrected chi connectivity index (χ4v) is 5.26. The van der Waals surface area contributed by atoms with Gasteiger partial charge in [0.05, 0.1) is 30.8 Å². The Hall–Kier alpha value is -4.40. The van der Waals surface area contributed by atoms with Gasteiger partial charge in [-0.05, 0) is 29.8 Å². The number of nitrogens with zero attached hydrogens (tertiary/aromatic N) is 4. The van der Waals surface area contributed by atoms with Gasteiger partial charge in [-0.3, -0.25) is 5.10 Å². The number of thiophene rings is 1. The first-order chi connectivity index (χ1) is 17.7. The minimum Gasteiger partial charge on any atom is -0.497 e. The standard InChI is InChI=1S/C25H23N7O3S/c1-34-19-4-2-3-18(13-19)30-25(33)29-17-7-5-16(6-8-17)21-20(14-26)24(32-9-11-35-12-10-32)36-22(21)23-27-15-28-31-23/h2-8,13,15H,9-12H2,1H3,(H,27,28,31)(H2,29,30,33). The molecule has 0 spiro atoms. The fourth-order valence-electron chi connectivity index (χ4n) is 3.98. The van der Waals surface area contributed by atoms with Crippen LogP contribution in [0, 0.1) is 11.3 Å². The molecule has 2 aromatic heterocycles. The second-order valence-corrected chi connectivity index (χ2v) is 8.92. The Balaban J connectivity index is 1.41. The zero-order chi connectivity index (χ0) is 24.9. The number of hydrogen-bond donors (Lipinski definition) is 3. The molecule has 2 amide bonds. The van der Waals surface area contributed by atoms with Crippen LogP contribution in [-0.2, 0) is 4.74 Å². The van der Waals surface area contributed by atoms with Crippen LogP contribution in [0.15, 0.2) is 54.9 Å². The molecule has 11 heteroatoms. The Morgan fingerprint density at radius 2 is 1.94 bits per heavy atom. The lowest BCUT2D eigenvalue weighted by molar-refractivity contribution is 0.123. The van der Waals surface area contributed by atoms with Crippen LogP contribution in [-0.4, -0.2) is 54.6 Å². The molecule has 10 nitrogen and oxygen atoms in total. The van der Waals surface area contributed by atoms with Crippen molar-refractivity contribution >= 4 is 33.7 Å². The quantitative estimate of drug-likeness (QED) is 0.353. The second-order valence-electron chi connectivity index (χ2n) is 7.92. The van der Waals surface area contributed by atoms with E-state index < -0.39 is 0 Å². The molecule has 3 N–H and O–H groups in total. The molecular formula is C25H23N7O3S. The molecule has 4 aromatic rings. The number of aromatic amines is 1. The van der Waals surface area contributed by atoms with Gasteiger partial charge in [-0.25, -0.2) is 9.78 Å². The van der Waals surface area contributed by atoms with E-state index in [4.69, 9.17) is 9.47 Å². The van der Waals surface area contributed by atoms with E-state index in [1.165, 1.54) is 17.7 Å². The van der Waals surface area contributed by atoms with E-state index in [2.05, 4.69) is 36.8 Å². The first-order valence-electron chi connectivity index (χ1n) is 11.2. The van der Waals surface area contributed by atoms with Crippen molar-refractivity contribution in [1.82, 2.24) is 15.2 Å². The third kappa shape index (κ3) is 4.86. The molecule has 0 bridgehead atoms. The lowest BCUT2D eigenvalue weighted by atomic mass is 10.0. The number of rotatable bonds is 6. The number of carbonyl (C=O) groups excluding carboxylic acids is 1. The minimum absolute atomic E-state index is 0.374. The van der Waals surface area contributed by atoms with Crippen LogP contribution in [0.25, 0.3) is 21.8 Å². The number of nitrogens with one attached hydrogen (secondary N) is 3. The molecule has 0 aliphatic carbocycles. The van der Waals surface area contributed by atoms with Crippen molar-refractivity contribution in [2.24, 2.45) is 0 Å². The maximum absolute atomic E-state index is 12.5. The Morgan fingerprint density at radius 3 is 2.64 bits per heavy atom. The van der Waals surface area contributed by atoms with Crippen LogP contribution in [0.5, 0.6) is 5.75 Å². The van der Waals surface area contributed by atoms with Gasteiger partial charge in [0.2, 0.25) is 0 Å². The summed E-state index contributed by atoms with van der Waals surface area (Å²) in [5, 5.41) is 23.6. The van der Waals surface area contributed by atoms with Crippen LogP contribution >= 0.6 is 11.3 Å². The zero-order valence-electron chi connectivity index (χ0n) is 19.4. The summed E-state index contributed by atoms with van der Waals surface area (Å²) in [5.41, 5.74) is 3.45. The number of ether oxygens (including phenoxy) is 2. The van der Waals surface area contributed by atoms with Crippen molar-refractivity contribution in [1.29, 1.82) is 5.26 Å². The molecule has 0 atom stereocenters. The molecule has 1 aliphatic rings. The molecular weight excluding hydrogens is 478 g/mol. The normalized spacial score (nSPS) is 13.2. The number of anilines is 3. The number of hydrogen-bond acceptors (Lipinski definition) is 8. The average molecular weight is 502 g/mol. The Morgan fingerprint density at radius 1 is 1.17 bits per heavy atom. The number of carbonyl (C=O) groups is 1. The highest BCUT2D eigenvalue weighted by molar-refractivity contribution is 7.20. The Bertz CT molecular complexity index is 1390. The number of benzene rings is 2. The smallest absolute Gasteiger partial charge is 0.323 e. The minimum atomic E-state index is -0.374. The van der Waals surface area contributed by atoms with Crippen molar-refractivity contribution in [2.45, 2.75) is 0 Å². The van der Waals surface area contributed by atoms with E-state index in [-0.39, 0.29) is 6.03 Å². The summed E-state index contributed by atoms with van der Waals surface area (Å²) in [6.07, 6.45) is 1.45. The molecule has 1 fully saturated rings. The Labute approximate surface area is 211 Å². The van der Waals surface area contributed by atoms with Crippen molar-refractivity contribution in [3.05, 3.63) is 60.4 Å². The van der Waals surface area contributed by atoms with E-state index in [0.29, 0.717) is 41.7 Å². The molecule has 5 rings (SSSR count). The predicted molar refractivity (Wildman–Crippen MR) is 139 cm³/mol. The summed E-state index contributed by atoms with van der Waals surface area (Å²) in [6, 6.07) is 16.5. The van der Waals surface area contributed by atoms with E-state index >= 15 is 0 Å². The van der Waals surface area contributed by atoms with E-state index in [9.17, 15) is 10.1 Å². The van der Waals surface area contributed by atoms with Crippen LogP contribution in [0.1, 0.15) is 5.56 Å². The number of morpholine rings is 1. The van der Waals surface area contributed by atoms with Gasteiger partial charge in [-0.15, -0.1) is 11.3 Å². The van der Waals surface area contributed by atoms with Crippen LogP contribution in [0.4, 0.5) is 21.2 Å². The van der Waals surface area contributed by atoms with Gasteiger partial charge >= 0.3 is 6.03 Å². The average Bonchev–Trinajstić information content (AvgIpc) is 3.58. The van der Waals surface area contributed by atoms with Crippen LogP contribution in [0.3, 0.4) is 0 Å². The summed E-state index contributed by atoms with van der Waals surface area (Å²) in [5.74, 6) is 1.26. The van der Waals surface area contributed by atoms with Gasteiger partial charge in [0.1, 0.15) is 23.1 Å². The number of nitriles is 1. The molecule has 3 heterocycles. The molecule has 182 valence electrons. The Kier molecular flexibility index (Phi) is 6.79. The topological polar surface area (TPSA) is 128 Å². The van der Waals surface area contributed by atoms with E-state index in [0.717, 1.165) is 34.1 Å². The lowest BCUT2D eigenvalue weighted by Gasteiger charge is -2.27. The molecule has 36 heavy (non-hydrogen) atoms. The van der Waals surface area contributed by atoms with Crippen molar-refractivity contribution in [3.8, 4) is 33.6 Å². The van der Waals surface area contributed by atoms with Gasteiger partial charge in [0.15, 0.2) is 5.82 Å². The number of aromatic nitrogens is 3.